The van der Waals surface area contributed by atoms with Crippen molar-refractivity contribution in [2.24, 2.45) is 7.05 Å². The van der Waals surface area contributed by atoms with E-state index >= 15 is 0 Å². The molecule has 4 rings (SSSR count). The molecule has 130 valence electrons. The molecule has 0 N–H and O–H groups in total. The second-order valence-electron chi connectivity index (χ2n) is 6.41. The molecule has 0 aliphatic carbocycles. The zero-order valence-electron chi connectivity index (χ0n) is 14.6. The lowest BCUT2D eigenvalue weighted by molar-refractivity contribution is 0.0638. The normalized spacial score (nSPS) is 15.8. The summed E-state index contributed by atoms with van der Waals surface area (Å²) in [5.74, 6) is 0.0528. The number of fused-ring (bicyclic) bond motifs is 1. The first kappa shape index (κ1) is 16.3. The van der Waals surface area contributed by atoms with Crippen molar-refractivity contribution in [2.45, 2.75) is 6.92 Å². The molecule has 1 aliphatic heterocycles. The van der Waals surface area contributed by atoms with Crippen LogP contribution >= 0.6 is 11.3 Å². The van der Waals surface area contributed by atoms with Gasteiger partial charge in [0.05, 0.1) is 5.69 Å². The maximum absolute atomic E-state index is 12.7. The number of hydrogen-bond acceptors (Lipinski definition) is 4. The Morgan fingerprint density at radius 3 is 2.68 bits per heavy atom. The number of piperazine rings is 1. The van der Waals surface area contributed by atoms with Gasteiger partial charge < -0.3 is 14.4 Å². The minimum atomic E-state index is 0.0528. The quantitative estimate of drug-likeness (QED) is 0.726. The molecule has 0 atom stereocenters. The van der Waals surface area contributed by atoms with Crippen molar-refractivity contribution < 1.29 is 4.79 Å². The monoisotopic (exact) mass is 354 g/mol. The fraction of sp³-hybridized carbons (Fsp3) is 0.368. The van der Waals surface area contributed by atoms with E-state index in [0.717, 1.165) is 43.4 Å². The molecule has 0 bridgehead atoms. The average molecular weight is 354 g/mol. The summed E-state index contributed by atoms with van der Waals surface area (Å²) in [6.45, 7) is 6.67. The Hall–Kier alpha value is -2.18. The summed E-state index contributed by atoms with van der Waals surface area (Å²) in [5.41, 5.74) is 2.80. The average Bonchev–Trinajstić information content (AvgIpc) is 3.27. The minimum absolute atomic E-state index is 0.0528. The van der Waals surface area contributed by atoms with Gasteiger partial charge in [0, 0.05) is 49.5 Å². The van der Waals surface area contributed by atoms with Crippen LogP contribution in [0.2, 0.25) is 0 Å². The highest BCUT2D eigenvalue weighted by Gasteiger charge is 2.23. The summed E-state index contributed by atoms with van der Waals surface area (Å²) < 4.78 is 2.14. The van der Waals surface area contributed by atoms with Gasteiger partial charge in [-0.05, 0) is 18.7 Å². The Kier molecular flexibility index (Phi) is 4.31. The molecule has 2 aromatic heterocycles. The van der Waals surface area contributed by atoms with E-state index in [1.165, 1.54) is 22.2 Å². The van der Waals surface area contributed by atoms with Crippen molar-refractivity contribution in [3.63, 3.8) is 0 Å². The molecule has 3 aromatic rings. The van der Waals surface area contributed by atoms with E-state index in [1.54, 1.807) is 0 Å². The van der Waals surface area contributed by atoms with Gasteiger partial charge in [-0.15, -0.1) is 11.3 Å². The molecule has 25 heavy (non-hydrogen) atoms. The zero-order valence-corrected chi connectivity index (χ0v) is 15.4. The maximum atomic E-state index is 12.7. The summed E-state index contributed by atoms with van der Waals surface area (Å²) in [4.78, 5) is 21.7. The Bertz CT molecular complexity index is 905. The van der Waals surface area contributed by atoms with E-state index in [1.807, 2.05) is 29.5 Å². The van der Waals surface area contributed by atoms with Crippen LogP contribution in [0.25, 0.3) is 21.6 Å². The number of likely N-dealkylation sites (N-methyl/N-ethyl adjacent to an activating group) is 1. The predicted molar refractivity (Wildman–Crippen MR) is 102 cm³/mol. The van der Waals surface area contributed by atoms with E-state index in [4.69, 9.17) is 0 Å². The number of nitrogens with zero attached hydrogens (tertiary/aromatic N) is 4. The lowest BCUT2D eigenvalue weighted by Gasteiger charge is -2.33. The van der Waals surface area contributed by atoms with E-state index in [2.05, 4.69) is 39.6 Å². The van der Waals surface area contributed by atoms with Crippen LogP contribution in [-0.2, 0) is 7.05 Å². The van der Waals surface area contributed by atoms with Gasteiger partial charge in [-0.2, -0.15) is 0 Å². The van der Waals surface area contributed by atoms with Gasteiger partial charge >= 0.3 is 0 Å². The van der Waals surface area contributed by atoms with E-state index in [-0.39, 0.29) is 5.91 Å². The molecule has 5 nitrogen and oxygen atoms in total. The van der Waals surface area contributed by atoms with Gasteiger partial charge in [0.2, 0.25) is 0 Å². The van der Waals surface area contributed by atoms with Crippen molar-refractivity contribution in [3.8, 4) is 10.7 Å². The van der Waals surface area contributed by atoms with Crippen molar-refractivity contribution in [3.05, 3.63) is 41.4 Å². The van der Waals surface area contributed by atoms with Crippen LogP contribution in [0.15, 0.2) is 35.7 Å². The fourth-order valence-electron chi connectivity index (χ4n) is 3.41. The van der Waals surface area contributed by atoms with Gasteiger partial charge in [-0.25, -0.2) is 4.98 Å². The Morgan fingerprint density at radius 1 is 1.20 bits per heavy atom. The molecule has 3 heterocycles. The number of carbonyl (C=O) groups excluding carboxylic acids is 1. The SMILES string of the molecule is CCN1CCN(C(=O)c2csc(-c3cc4ccccc4n3C)n2)CC1. The topological polar surface area (TPSA) is 41.4 Å². The molecule has 0 radical (unpaired) electrons. The van der Waals surface area contributed by atoms with E-state index < -0.39 is 0 Å². The summed E-state index contributed by atoms with van der Waals surface area (Å²) >= 11 is 1.54. The maximum Gasteiger partial charge on any atom is 0.273 e. The van der Waals surface area contributed by atoms with E-state index in [9.17, 15) is 4.79 Å². The standard InChI is InChI=1S/C19H22N4OS/c1-3-22-8-10-23(11-9-22)19(24)15-13-25-18(20-15)17-12-14-6-4-5-7-16(14)21(17)2/h4-7,12-13H,3,8-11H2,1-2H3. The highest BCUT2D eigenvalue weighted by Crippen LogP contribution is 2.29. The van der Waals surface area contributed by atoms with Crippen LogP contribution in [0.1, 0.15) is 17.4 Å². The van der Waals surface area contributed by atoms with Crippen LogP contribution in [0.5, 0.6) is 0 Å². The number of rotatable bonds is 3. The minimum Gasteiger partial charge on any atom is -0.342 e. The Labute approximate surface area is 151 Å². The molecule has 1 fully saturated rings. The molecule has 1 amide bonds. The molecular weight excluding hydrogens is 332 g/mol. The molecule has 1 aliphatic rings. The van der Waals surface area contributed by atoms with Crippen molar-refractivity contribution >= 4 is 28.1 Å². The molecule has 6 heteroatoms. The van der Waals surface area contributed by atoms with Crippen molar-refractivity contribution in [1.82, 2.24) is 19.4 Å². The number of benzene rings is 1. The summed E-state index contributed by atoms with van der Waals surface area (Å²) in [6, 6.07) is 10.4. The third-order valence-electron chi connectivity index (χ3n) is 5.00. The number of hydrogen-bond donors (Lipinski definition) is 0. The highest BCUT2D eigenvalue weighted by molar-refractivity contribution is 7.13. The summed E-state index contributed by atoms with van der Waals surface area (Å²) in [7, 11) is 2.05. The molecule has 0 spiro atoms. The second-order valence-corrected chi connectivity index (χ2v) is 7.27. The third-order valence-corrected chi connectivity index (χ3v) is 5.87. The summed E-state index contributed by atoms with van der Waals surface area (Å²) in [6.07, 6.45) is 0. The second kappa shape index (κ2) is 6.61. The molecule has 1 saturated heterocycles. The van der Waals surface area contributed by atoms with Crippen LogP contribution in [0.4, 0.5) is 0 Å². The van der Waals surface area contributed by atoms with Crippen LogP contribution in [-0.4, -0.2) is 58.0 Å². The van der Waals surface area contributed by atoms with Gasteiger partial charge in [-0.1, -0.05) is 25.1 Å². The zero-order chi connectivity index (χ0) is 17.4. The lowest BCUT2D eigenvalue weighted by atomic mass is 10.2. The van der Waals surface area contributed by atoms with Crippen LogP contribution < -0.4 is 0 Å². The number of amides is 1. The van der Waals surface area contributed by atoms with Gasteiger partial charge in [0.15, 0.2) is 0 Å². The highest BCUT2D eigenvalue weighted by atomic mass is 32.1. The lowest BCUT2D eigenvalue weighted by Crippen LogP contribution is -2.48. The van der Waals surface area contributed by atoms with Crippen molar-refractivity contribution in [1.29, 1.82) is 0 Å². The van der Waals surface area contributed by atoms with Crippen molar-refractivity contribution in [2.75, 3.05) is 32.7 Å². The van der Waals surface area contributed by atoms with Gasteiger partial charge in [0.1, 0.15) is 10.7 Å². The number of aryl methyl sites for hydroxylation is 1. The first-order chi connectivity index (χ1) is 12.2. The first-order valence-corrected chi connectivity index (χ1v) is 9.57. The largest absolute Gasteiger partial charge is 0.342 e. The fourth-order valence-corrected chi connectivity index (χ4v) is 4.26. The van der Waals surface area contributed by atoms with Gasteiger partial charge in [0.25, 0.3) is 5.91 Å². The van der Waals surface area contributed by atoms with Crippen LogP contribution in [0, 0.1) is 0 Å². The third kappa shape index (κ3) is 2.96. The van der Waals surface area contributed by atoms with Crippen LogP contribution in [0.3, 0.4) is 0 Å². The van der Waals surface area contributed by atoms with E-state index in [0.29, 0.717) is 5.69 Å². The number of aromatic nitrogens is 2. The smallest absolute Gasteiger partial charge is 0.273 e. The Balaban J connectivity index is 1.57. The van der Waals surface area contributed by atoms with Gasteiger partial charge in [-0.3, -0.25) is 4.79 Å². The molecular formula is C19H22N4OS. The number of para-hydroxylation sites is 1. The number of carbonyl (C=O) groups is 1. The first-order valence-electron chi connectivity index (χ1n) is 8.69. The summed E-state index contributed by atoms with van der Waals surface area (Å²) in [5, 5.41) is 3.98. The molecule has 0 unspecified atom stereocenters. The Morgan fingerprint density at radius 2 is 1.96 bits per heavy atom. The number of thiazole rings is 1. The molecule has 0 saturated carbocycles. The molecule has 1 aromatic carbocycles. The predicted octanol–water partition coefficient (Wildman–Crippen LogP) is 3.08.